The Hall–Kier alpha value is -0.950. The van der Waals surface area contributed by atoms with E-state index in [1.54, 1.807) is 18.2 Å². The molecule has 0 aliphatic carbocycles. The van der Waals surface area contributed by atoms with Crippen LogP contribution in [0.3, 0.4) is 0 Å². The average Bonchev–Trinajstić information content (AvgIpc) is 2.43. The number of rotatable bonds is 4. The van der Waals surface area contributed by atoms with Gasteiger partial charge in [-0.15, -0.1) is 0 Å². The number of benzene rings is 1. The third-order valence-corrected chi connectivity index (χ3v) is 2.89. The van der Waals surface area contributed by atoms with Crippen molar-refractivity contribution in [3.63, 3.8) is 0 Å². The molecule has 2 rings (SSSR count). The molecule has 0 aliphatic rings. The van der Waals surface area contributed by atoms with Crippen molar-refractivity contribution in [3.8, 4) is 0 Å². The van der Waals surface area contributed by atoms with E-state index in [0.717, 1.165) is 5.39 Å². The van der Waals surface area contributed by atoms with Crippen molar-refractivity contribution < 1.29 is 78.9 Å². The molecule has 1 aromatic carbocycles. The van der Waals surface area contributed by atoms with Crippen molar-refractivity contribution >= 4 is 28.9 Å². The van der Waals surface area contributed by atoms with Gasteiger partial charge in [0.2, 0.25) is 0 Å². The Morgan fingerprint density at radius 1 is 1.04 bits per heavy atom. The van der Waals surface area contributed by atoms with E-state index in [9.17, 15) is 19.8 Å². The molecule has 23 heavy (non-hydrogen) atoms. The fourth-order valence-corrected chi connectivity index (χ4v) is 1.90. The van der Waals surface area contributed by atoms with Gasteiger partial charge >= 0.3 is 59.1 Å². The fourth-order valence-electron chi connectivity index (χ4n) is 1.90. The van der Waals surface area contributed by atoms with Crippen molar-refractivity contribution in [3.05, 3.63) is 59.3 Å². The molecule has 0 unspecified atom stereocenters. The van der Waals surface area contributed by atoms with Gasteiger partial charge in [-0.1, -0.05) is 24.3 Å². The zero-order chi connectivity index (χ0) is 15.4. The van der Waals surface area contributed by atoms with Gasteiger partial charge in [-0.05, 0) is 36.8 Å². The van der Waals surface area contributed by atoms with Gasteiger partial charge < -0.3 is 19.8 Å². The Bertz CT molecular complexity index is 784. The Morgan fingerprint density at radius 3 is 2.30 bits per heavy atom. The summed E-state index contributed by atoms with van der Waals surface area (Å²) in [5.74, 6) is -2.94. The monoisotopic (exact) mass is 327 g/mol. The van der Waals surface area contributed by atoms with Crippen molar-refractivity contribution in [1.29, 1.82) is 0 Å². The maximum atomic E-state index is 11.1. The number of nitrogens with zero attached hydrogens (tertiary/aromatic N) is 1. The smallest absolute Gasteiger partial charge is 0.545 e. The number of aliphatic carboxylic acids is 2. The minimum atomic E-state index is -1.47. The molecule has 0 radical (unpaired) electrons. The molecule has 0 saturated carbocycles. The maximum absolute atomic E-state index is 11.1. The Morgan fingerprint density at radius 2 is 1.70 bits per heavy atom. The molecule has 0 aliphatic heterocycles. The first-order valence-corrected chi connectivity index (χ1v) is 6.16. The number of carbonyl (C=O) groups is 2. The number of fused-ring (bicyclic) bond motifs is 1. The molecule has 0 fully saturated rings. The number of hydrogen-bond donors (Lipinski definition) is 0. The van der Waals surface area contributed by atoms with Gasteiger partial charge in [-0.2, -0.15) is 0 Å². The Labute approximate surface area is 177 Å². The second-order valence-electron chi connectivity index (χ2n) is 4.42. The van der Waals surface area contributed by atoms with E-state index in [4.69, 9.17) is 0 Å². The molecule has 0 amide bonds. The van der Waals surface area contributed by atoms with E-state index in [0.29, 0.717) is 17.3 Å². The van der Waals surface area contributed by atoms with Crippen LogP contribution in [-0.4, -0.2) is 16.9 Å². The van der Waals surface area contributed by atoms with E-state index in [2.05, 4.69) is 4.98 Å². The van der Waals surface area contributed by atoms with E-state index in [-0.39, 0.29) is 70.3 Å². The van der Waals surface area contributed by atoms with Crippen LogP contribution in [0.15, 0.2) is 53.6 Å². The van der Waals surface area contributed by atoms with Crippen LogP contribution in [0.1, 0.15) is 12.6 Å². The normalized spacial score (nSPS) is 11.3. The van der Waals surface area contributed by atoms with Crippen LogP contribution in [0.4, 0.5) is 0 Å². The van der Waals surface area contributed by atoms with Gasteiger partial charge in [-0.25, -0.2) is 4.98 Å². The van der Waals surface area contributed by atoms with Crippen LogP contribution >= 0.6 is 0 Å². The van der Waals surface area contributed by atoms with E-state index >= 15 is 0 Å². The molecule has 0 atom stereocenters. The van der Waals surface area contributed by atoms with Crippen LogP contribution in [0.5, 0.6) is 0 Å². The molecule has 0 saturated heterocycles. The summed E-state index contributed by atoms with van der Waals surface area (Å²) in [4.78, 5) is 26.0. The zero-order valence-electron chi connectivity index (χ0n) is 13.2. The number of hydrogen-bond acceptors (Lipinski definition) is 5. The summed E-state index contributed by atoms with van der Waals surface area (Å²) in [5, 5.41) is 22.6. The Balaban J connectivity index is 0.00000242. The number of carboxylic acid groups (broad SMARTS) is 2. The quantitative estimate of drug-likeness (QED) is 0.317. The van der Waals surface area contributed by atoms with Crippen LogP contribution in [0.25, 0.3) is 17.0 Å². The largest absolute Gasteiger partial charge is 1.00 e. The molecular weight excluding hydrogens is 316 g/mol. The molecule has 0 N–H and O–H groups in total. The second kappa shape index (κ2) is 10.0. The summed E-state index contributed by atoms with van der Waals surface area (Å²) in [7, 11) is 0. The molecule has 2 aromatic rings. The van der Waals surface area contributed by atoms with Gasteiger partial charge in [0.05, 0.1) is 23.1 Å². The van der Waals surface area contributed by atoms with Gasteiger partial charge in [0.1, 0.15) is 0 Å². The van der Waals surface area contributed by atoms with Crippen LogP contribution in [0.2, 0.25) is 0 Å². The molecule has 5 nitrogen and oxygen atoms in total. The van der Waals surface area contributed by atoms with Gasteiger partial charge in [0.15, 0.2) is 0 Å². The van der Waals surface area contributed by atoms with Crippen LogP contribution in [0, 0.1) is 0 Å². The molecule has 1 aromatic heterocycles. The predicted octanol–water partition coefficient (Wildman–Crippen LogP) is -5.93. The summed E-state index contributed by atoms with van der Waals surface area (Å²) in [6.45, 7) is 1.36. The summed E-state index contributed by atoms with van der Waals surface area (Å²) < 4.78 is 0. The van der Waals surface area contributed by atoms with Crippen molar-refractivity contribution in [1.82, 2.24) is 4.98 Å². The first-order chi connectivity index (χ1) is 9.97. The topological polar surface area (TPSA) is 93.2 Å². The summed E-state index contributed by atoms with van der Waals surface area (Å²) in [6.07, 6.45) is 1.99. The zero-order valence-corrected chi connectivity index (χ0v) is 17.2. The second-order valence-corrected chi connectivity index (χ2v) is 4.42. The Kier molecular flexibility index (Phi) is 9.61. The van der Waals surface area contributed by atoms with Crippen LogP contribution in [-0.2, 0) is 9.59 Å². The van der Waals surface area contributed by atoms with Crippen LogP contribution < -0.4 is 69.3 Å². The SMILES string of the molecule is CC(=C\C(=O)[O-])/C(=C/c1ccc2ccccc2n1)C(=O)[O-].[Na+].[Na+]. The summed E-state index contributed by atoms with van der Waals surface area (Å²) in [6, 6.07) is 10.8. The summed E-state index contributed by atoms with van der Waals surface area (Å²) >= 11 is 0. The molecule has 7 heteroatoms. The average molecular weight is 327 g/mol. The molecule has 0 spiro atoms. The van der Waals surface area contributed by atoms with Gasteiger partial charge in [-0.3, -0.25) is 0 Å². The predicted molar refractivity (Wildman–Crippen MR) is 73.5 cm³/mol. The third-order valence-electron chi connectivity index (χ3n) is 2.89. The van der Waals surface area contributed by atoms with E-state index in [1.165, 1.54) is 13.0 Å². The minimum Gasteiger partial charge on any atom is -0.545 e. The third kappa shape index (κ3) is 6.22. The number of carboxylic acids is 2. The number of pyridine rings is 1. The van der Waals surface area contributed by atoms with Gasteiger partial charge in [0, 0.05) is 11.0 Å². The standard InChI is InChI=1S/C16H13NO4.2Na/c1-10(8-15(18)19)13(16(20)21)9-12-7-6-11-4-2-3-5-14(11)17-12;;/h2-9H,1H3,(H,18,19)(H,20,21);;/q;2*+1/p-2/b10-8+,13-9-;;. The molecule has 0 bridgehead atoms. The molecular formula is C16H11NNa2O4. The summed E-state index contributed by atoms with van der Waals surface area (Å²) in [5.41, 5.74) is 0.899. The minimum absolute atomic E-state index is 0. The van der Waals surface area contributed by atoms with E-state index < -0.39 is 11.9 Å². The number of carbonyl (C=O) groups excluding carboxylic acids is 2. The first kappa shape index (κ1) is 22.1. The number of para-hydroxylation sites is 1. The van der Waals surface area contributed by atoms with Crippen molar-refractivity contribution in [2.24, 2.45) is 0 Å². The van der Waals surface area contributed by atoms with Gasteiger partial charge in [0.25, 0.3) is 0 Å². The first-order valence-electron chi connectivity index (χ1n) is 6.16. The molecule has 106 valence electrons. The number of aromatic nitrogens is 1. The fraction of sp³-hybridized carbons (Fsp3) is 0.0625. The maximum Gasteiger partial charge on any atom is 1.00 e. The molecule has 1 heterocycles. The van der Waals surface area contributed by atoms with Crippen molar-refractivity contribution in [2.45, 2.75) is 6.92 Å². The van der Waals surface area contributed by atoms with Crippen molar-refractivity contribution in [2.75, 3.05) is 0 Å². The van der Waals surface area contributed by atoms with E-state index in [1.807, 2.05) is 18.2 Å².